The molecule has 2 unspecified atom stereocenters. The van der Waals surface area contributed by atoms with Gasteiger partial charge in [0, 0.05) is 19.4 Å². The van der Waals surface area contributed by atoms with E-state index in [9.17, 15) is 19.0 Å². The fourth-order valence-electron chi connectivity index (χ4n) is 5.66. The van der Waals surface area contributed by atoms with E-state index in [1.807, 2.05) is 12.2 Å². The summed E-state index contributed by atoms with van der Waals surface area (Å²) in [5.41, 5.74) is 5.33. The normalized spacial score (nSPS) is 13.7. The summed E-state index contributed by atoms with van der Waals surface area (Å²) < 4.78 is 32.6. The van der Waals surface area contributed by atoms with E-state index >= 15 is 0 Å². The van der Waals surface area contributed by atoms with Gasteiger partial charge < -0.3 is 20.1 Å². The van der Waals surface area contributed by atoms with Gasteiger partial charge in [0.1, 0.15) is 6.61 Å². The number of hydrogen-bond acceptors (Lipinski definition) is 8. The zero-order valence-corrected chi connectivity index (χ0v) is 34.2. The minimum absolute atomic E-state index is 0.0445. The third-order valence-electron chi connectivity index (χ3n) is 8.79. The lowest BCUT2D eigenvalue weighted by Gasteiger charge is -2.19. The summed E-state index contributed by atoms with van der Waals surface area (Å²) in [6.07, 6.45) is 41.9. The van der Waals surface area contributed by atoms with E-state index in [1.54, 1.807) is 0 Å². The van der Waals surface area contributed by atoms with Gasteiger partial charge in [0.2, 0.25) is 0 Å². The predicted molar refractivity (Wildman–Crippen MR) is 215 cm³/mol. The van der Waals surface area contributed by atoms with E-state index in [1.165, 1.54) is 116 Å². The molecule has 0 aromatic carbocycles. The van der Waals surface area contributed by atoms with Crippen LogP contribution in [0.1, 0.15) is 187 Å². The van der Waals surface area contributed by atoms with Crippen LogP contribution in [0.5, 0.6) is 0 Å². The molecule has 0 rings (SSSR count). The van der Waals surface area contributed by atoms with Gasteiger partial charge in [0.15, 0.2) is 6.10 Å². The Hall–Kier alpha value is -1.77. The molecule has 0 saturated heterocycles. The lowest BCUT2D eigenvalue weighted by Crippen LogP contribution is -2.29. The van der Waals surface area contributed by atoms with E-state index in [2.05, 4.69) is 38.2 Å². The van der Waals surface area contributed by atoms with Crippen molar-refractivity contribution in [3.05, 3.63) is 36.5 Å². The molecular formula is C42H78NO8P. The number of carbonyl (C=O) groups excluding carboxylic acids is 2. The SMILES string of the molecule is CCCCCCCCCC=CCC=CCC=CCCC(=O)OC(COC(=O)CCCCCCCCCCCCCCCC)COP(=O)(O)OCCN. The molecule has 0 aromatic rings. The molecule has 0 aliphatic rings. The summed E-state index contributed by atoms with van der Waals surface area (Å²) in [6.45, 7) is 3.66. The Balaban J connectivity index is 4.27. The van der Waals surface area contributed by atoms with Crippen LogP contribution >= 0.6 is 7.82 Å². The minimum Gasteiger partial charge on any atom is -0.462 e. The van der Waals surface area contributed by atoms with Crippen molar-refractivity contribution in [2.75, 3.05) is 26.4 Å². The summed E-state index contributed by atoms with van der Waals surface area (Å²) in [5, 5.41) is 0. The van der Waals surface area contributed by atoms with Gasteiger partial charge in [-0.15, -0.1) is 0 Å². The molecule has 0 aliphatic heterocycles. The summed E-state index contributed by atoms with van der Waals surface area (Å²) in [7, 11) is -4.39. The standard InChI is InChI=1S/C42H78NO8P/c1-3-5-7-9-11-13-15-17-19-20-21-23-25-27-29-31-33-35-42(45)51-40(39-50-52(46,47)49-37-36-43)38-48-41(44)34-32-30-28-26-24-22-18-16-14-12-10-8-6-4-2/h19-20,23,25,29,31,40H,3-18,21-22,24,26-28,30,32-39,43H2,1-2H3,(H,46,47). The fraction of sp³-hybridized carbons (Fsp3) is 0.810. The van der Waals surface area contributed by atoms with Gasteiger partial charge in [-0.2, -0.15) is 0 Å². The average Bonchev–Trinajstić information content (AvgIpc) is 3.13. The number of ether oxygens (including phenoxy) is 2. The highest BCUT2D eigenvalue weighted by Crippen LogP contribution is 2.43. The number of esters is 2. The van der Waals surface area contributed by atoms with E-state index in [-0.39, 0.29) is 32.6 Å². The van der Waals surface area contributed by atoms with Gasteiger partial charge in [0.05, 0.1) is 13.2 Å². The van der Waals surface area contributed by atoms with Crippen molar-refractivity contribution in [1.82, 2.24) is 0 Å². The van der Waals surface area contributed by atoms with Gasteiger partial charge in [-0.3, -0.25) is 18.6 Å². The van der Waals surface area contributed by atoms with Crippen molar-refractivity contribution >= 4 is 19.8 Å². The average molecular weight is 756 g/mol. The van der Waals surface area contributed by atoms with E-state index in [4.69, 9.17) is 24.3 Å². The first-order valence-corrected chi connectivity index (χ1v) is 22.5. The van der Waals surface area contributed by atoms with Crippen molar-refractivity contribution in [3.63, 3.8) is 0 Å². The largest absolute Gasteiger partial charge is 0.472 e. The van der Waals surface area contributed by atoms with Gasteiger partial charge in [-0.05, 0) is 38.5 Å². The fourth-order valence-corrected chi connectivity index (χ4v) is 6.43. The highest BCUT2D eigenvalue weighted by molar-refractivity contribution is 7.47. The van der Waals surface area contributed by atoms with Crippen molar-refractivity contribution in [2.45, 2.75) is 193 Å². The molecule has 0 amide bonds. The van der Waals surface area contributed by atoms with E-state index in [0.29, 0.717) is 6.42 Å². The number of phosphoric ester groups is 1. The maximum Gasteiger partial charge on any atom is 0.472 e. The molecule has 10 heteroatoms. The Morgan fingerprint density at radius 3 is 1.56 bits per heavy atom. The van der Waals surface area contributed by atoms with Crippen LogP contribution in [-0.4, -0.2) is 49.3 Å². The molecule has 52 heavy (non-hydrogen) atoms. The molecule has 0 fully saturated rings. The Bertz CT molecular complexity index is 954. The molecule has 0 bridgehead atoms. The van der Waals surface area contributed by atoms with Crippen LogP contribution in [0.15, 0.2) is 36.5 Å². The second kappa shape index (κ2) is 38.9. The van der Waals surface area contributed by atoms with Crippen molar-refractivity contribution in [3.8, 4) is 0 Å². The number of hydrogen-bond donors (Lipinski definition) is 2. The molecule has 2 atom stereocenters. The van der Waals surface area contributed by atoms with Crippen LogP contribution in [-0.2, 0) is 32.7 Å². The van der Waals surface area contributed by atoms with Crippen LogP contribution in [0, 0.1) is 0 Å². The molecular weight excluding hydrogens is 677 g/mol. The highest BCUT2D eigenvalue weighted by Gasteiger charge is 2.25. The van der Waals surface area contributed by atoms with E-state index in [0.717, 1.165) is 38.5 Å². The molecule has 3 N–H and O–H groups in total. The highest BCUT2D eigenvalue weighted by atomic mass is 31.2. The minimum atomic E-state index is -4.39. The number of phosphoric acid groups is 1. The lowest BCUT2D eigenvalue weighted by atomic mass is 10.0. The molecule has 0 heterocycles. The van der Waals surface area contributed by atoms with Gasteiger partial charge >= 0.3 is 19.8 Å². The summed E-state index contributed by atoms with van der Waals surface area (Å²) in [6, 6.07) is 0. The smallest absolute Gasteiger partial charge is 0.462 e. The quantitative estimate of drug-likeness (QED) is 0.0272. The monoisotopic (exact) mass is 756 g/mol. The van der Waals surface area contributed by atoms with Gasteiger partial charge in [0.25, 0.3) is 0 Å². The summed E-state index contributed by atoms with van der Waals surface area (Å²) in [4.78, 5) is 34.8. The Morgan fingerprint density at radius 2 is 1.04 bits per heavy atom. The Labute approximate surface area is 318 Å². The molecule has 0 spiro atoms. The molecule has 0 radical (unpaired) electrons. The number of allylic oxidation sites excluding steroid dienone is 6. The van der Waals surface area contributed by atoms with E-state index < -0.39 is 32.5 Å². The zero-order chi connectivity index (χ0) is 38.2. The van der Waals surface area contributed by atoms with Crippen LogP contribution in [0.25, 0.3) is 0 Å². The predicted octanol–water partition coefficient (Wildman–Crippen LogP) is 11.8. The number of rotatable bonds is 39. The first-order valence-electron chi connectivity index (χ1n) is 21.0. The molecule has 0 saturated carbocycles. The second-order valence-electron chi connectivity index (χ2n) is 13.9. The van der Waals surface area contributed by atoms with Crippen LogP contribution in [0.2, 0.25) is 0 Å². The maximum atomic E-state index is 12.5. The van der Waals surface area contributed by atoms with Crippen LogP contribution in [0.3, 0.4) is 0 Å². The third kappa shape index (κ3) is 38.0. The Morgan fingerprint density at radius 1 is 0.577 bits per heavy atom. The summed E-state index contributed by atoms with van der Waals surface area (Å²) >= 11 is 0. The van der Waals surface area contributed by atoms with Crippen molar-refractivity contribution in [1.29, 1.82) is 0 Å². The van der Waals surface area contributed by atoms with Gasteiger partial charge in [-0.1, -0.05) is 172 Å². The Kier molecular flexibility index (Phi) is 37.6. The van der Waals surface area contributed by atoms with Gasteiger partial charge in [-0.25, -0.2) is 4.57 Å². The first kappa shape index (κ1) is 50.2. The van der Waals surface area contributed by atoms with Crippen LogP contribution < -0.4 is 5.73 Å². The molecule has 0 aliphatic carbocycles. The van der Waals surface area contributed by atoms with Crippen molar-refractivity contribution in [2.24, 2.45) is 5.73 Å². The zero-order valence-electron chi connectivity index (χ0n) is 33.3. The van der Waals surface area contributed by atoms with Crippen molar-refractivity contribution < 1.29 is 37.6 Å². The second-order valence-corrected chi connectivity index (χ2v) is 15.3. The molecule has 0 aromatic heterocycles. The van der Waals surface area contributed by atoms with Crippen LogP contribution in [0.4, 0.5) is 0 Å². The lowest BCUT2D eigenvalue weighted by molar-refractivity contribution is -0.161. The molecule has 9 nitrogen and oxygen atoms in total. The first-order chi connectivity index (χ1) is 25.3. The third-order valence-corrected chi connectivity index (χ3v) is 9.78. The number of nitrogens with two attached hydrogens (primary N) is 1. The topological polar surface area (TPSA) is 134 Å². The summed E-state index contributed by atoms with van der Waals surface area (Å²) in [5.74, 6) is -0.912. The number of unbranched alkanes of at least 4 members (excludes halogenated alkanes) is 20. The molecule has 304 valence electrons. The maximum absolute atomic E-state index is 12.5. The number of carbonyl (C=O) groups is 2.